The standard InChI is InChI=1S/C28H26ClNO4/c1-4-26(19-8-6-5-7-9-19)34-27(31)17-23-18(2)30(25-15-14-22(33-3)16-24(23)25)28(32)20-10-12-21(29)13-11-20/h5-16,26H,4,17H2,1-3H3/t26-/m1/s1. The van der Waals surface area contributed by atoms with Crippen molar-refractivity contribution in [2.75, 3.05) is 7.11 Å². The van der Waals surface area contributed by atoms with Gasteiger partial charge >= 0.3 is 5.97 Å². The van der Waals surface area contributed by atoms with Crippen LogP contribution in [0, 0.1) is 6.92 Å². The molecule has 0 radical (unpaired) electrons. The van der Waals surface area contributed by atoms with Crippen LogP contribution >= 0.6 is 11.6 Å². The van der Waals surface area contributed by atoms with E-state index in [0.717, 1.165) is 16.5 Å². The lowest BCUT2D eigenvalue weighted by Gasteiger charge is -2.16. The van der Waals surface area contributed by atoms with Gasteiger partial charge in [0.05, 0.1) is 19.0 Å². The van der Waals surface area contributed by atoms with Gasteiger partial charge in [-0.15, -0.1) is 0 Å². The highest BCUT2D eigenvalue weighted by molar-refractivity contribution is 6.30. The van der Waals surface area contributed by atoms with Crippen LogP contribution in [0.25, 0.3) is 10.9 Å². The van der Waals surface area contributed by atoms with Crippen molar-refractivity contribution < 1.29 is 19.1 Å². The van der Waals surface area contributed by atoms with E-state index < -0.39 is 0 Å². The highest BCUT2D eigenvalue weighted by Crippen LogP contribution is 2.32. The van der Waals surface area contributed by atoms with E-state index in [1.54, 1.807) is 42.0 Å². The molecule has 1 aromatic heterocycles. The number of rotatable bonds is 7. The van der Waals surface area contributed by atoms with Crippen LogP contribution in [-0.2, 0) is 16.0 Å². The van der Waals surface area contributed by atoms with Gasteiger partial charge in [-0.3, -0.25) is 14.2 Å². The lowest BCUT2D eigenvalue weighted by Crippen LogP contribution is -2.15. The summed E-state index contributed by atoms with van der Waals surface area (Å²) in [6, 6.07) is 21.9. The van der Waals surface area contributed by atoms with Crippen molar-refractivity contribution in [3.63, 3.8) is 0 Å². The number of aromatic nitrogens is 1. The van der Waals surface area contributed by atoms with Gasteiger partial charge in [0.25, 0.3) is 5.91 Å². The second-order valence-corrected chi connectivity index (χ2v) is 8.51. The summed E-state index contributed by atoms with van der Waals surface area (Å²) in [4.78, 5) is 26.5. The molecule has 1 heterocycles. The molecule has 174 valence electrons. The molecule has 0 amide bonds. The maximum absolute atomic E-state index is 13.4. The van der Waals surface area contributed by atoms with Gasteiger partial charge in [0.1, 0.15) is 11.9 Å². The van der Waals surface area contributed by atoms with Gasteiger partial charge in [0.2, 0.25) is 0 Å². The molecule has 34 heavy (non-hydrogen) atoms. The molecule has 1 atom stereocenters. The van der Waals surface area contributed by atoms with E-state index >= 15 is 0 Å². The molecule has 0 saturated heterocycles. The Kier molecular flexibility index (Phi) is 7.03. The lowest BCUT2D eigenvalue weighted by molar-refractivity contribution is -0.148. The third-order valence-corrected chi connectivity index (χ3v) is 6.23. The van der Waals surface area contributed by atoms with Crippen molar-refractivity contribution in [2.24, 2.45) is 0 Å². The van der Waals surface area contributed by atoms with Gasteiger partial charge in [-0.25, -0.2) is 0 Å². The summed E-state index contributed by atoms with van der Waals surface area (Å²) in [6.45, 7) is 3.83. The molecular weight excluding hydrogens is 450 g/mol. The molecule has 0 unspecified atom stereocenters. The van der Waals surface area contributed by atoms with Crippen LogP contribution < -0.4 is 4.74 Å². The number of methoxy groups -OCH3 is 1. The predicted octanol–water partition coefficient (Wildman–Crippen LogP) is 6.54. The van der Waals surface area contributed by atoms with Crippen LogP contribution in [0.5, 0.6) is 5.75 Å². The van der Waals surface area contributed by atoms with Crippen molar-refractivity contribution in [1.29, 1.82) is 0 Å². The second kappa shape index (κ2) is 10.1. The average Bonchev–Trinajstić information content (AvgIpc) is 3.13. The zero-order chi connectivity index (χ0) is 24.2. The van der Waals surface area contributed by atoms with Crippen molar-refractivity contribution in [2.45, 2.75) is 32.8 Å². The van der Waals surface area contributed by atoms with Crippen LogP contribution in [0.2, 0.25) is 5.02 Å². The Morgan fingerprint density at radius 2 is 1.71 bits per heavy atom. The van der Waals surface area contributed by atoms with E-state index in [-0.39, 0.29) is 24.4 Å². The second-order valence-electron chi connectivity index (χ2n) is 8.07. The third-order valence-electron chi connectivity index (χ3n) is 5.97. The van der Waals surface area contributed by atoms with Crippen LogP contribution in [-0.4, -0.2) is 23.6 Å². The number of hydrogen-bond donors (Lipinski definition) is 0. The van der Waals surface area contributed by atoms with E-state index in [4.69, 9.17) is 21.1 Å². The summed E-state index contributed by atoms with van der Waals surface area (Å²) in [5.41, 5.74) is 3.59. The Bertz CT molecular complexity index is 1330. The molecule has 4 rings (SSSR count). The first-order chi connectivity index (χ1) is 16.4. The van der Waals surface area contributed by atoms with Gasteiger partial charge in [-0.1, -0.05) is 48.9 Å². The number of fused-ring (bicyclic) bond motifs is 1. The summed E-state index contributed by atoms with van der Waals surface area (Å²) in [7, 11) is 1.59. The minimum Gasteiger partial charge on any atom is -0.497 e. The Balaban J connectivity index is 1.71. The Hall–Kier alpha value is -3.57. The first kappa shape index (κ1) is 23.6. The first-order valence-electron chi connectivity index (χ1n) is 11.2. The fraction of sp³-hybridized carbons (Fsp3) is 0.214. The molecule has 0 spiro atoms. The average molecular weight is 476 g/mol. The minimum absolute atomic E-state index is 0.0414. The van der Waals surface area contributed by atoms with Crippen molar-refractivity contribution in [1.82, 2.24) is 4.57 Å². The quantitative estimate of drug-likeness (QED) is 0.285. The molecule has 3 aromatic carbocycles. The number of halogens is 1. The van der Waals surface area contributed by atoms with Gasteiger partial charge in [0.15, 0.2) is 0 Å². The van der Waals surface area contributed by atoms with Crippen molar-refractivity contribution in [3.8, 4) is 5.75 Å². The third kappa shape index (κ3) is 4.70. The fourth-order valence-corrected chi connectivity index (χ4v) is 4.32. The normalized spacial score (nSPS) is 11.9. The molecule has 0 aliphatic rings. The molecule has 5 nitrogen and oxygen atoms in total. The Labute approximate surface area is 203 Å². The highest BCUT2D eigenvalue weighted by Gasteiger charge is 2.24. The number of hydrogen-bond acceptors (Lipinski definition) is 4. The number of esters is 1. The van der Waals surface area contributed by atoms with Crippen molar-refractivity contribution >= 4 is 34.4 Å². The lowest BCUT2D eigenvalue weighted by atomic mass is 10.1. The van der Waals surface area contributed by atoms with Gasteiger partial charge in [-0.2, -0.15) is 0 Å². The largest absolute Gasteiger partial charge is 0.497 e. The number of nitrogens with zero attached hydrogens (tertiary/aromatic N) is 1. The molecule has 0 aliphatic carbocycles. The van der Waals surface area contributed by atoms with Crippen LogP contribution in [0.4, 0.5) is 0 Å². The Morgan fingerprint density at radius 1 is 1.00 bits per heavy atom. The highest BCUT2D eigenvalue weighted by atomic mass is 35.5. The maximum Gasteiger partial charge on any atom is 0.310 e. The van der Waals surface area contributed by atoms with Crippen LogP contribution in [0.15, 0.2) is 72.8 Å². The van der Waals surface area contributed by atoms with Crippen LogP contribution in [0.1, 0.15) is 46.6 Å². The summed E-state index contributed by atoms with van der Waals surface area (Å²) >= 11 is 6.00. The monoisotopic (exact) mass is 475 g/mol. The van der Waals surface area contributed by atoms with E-state index in [1.165, 1.54) is 0 Å². The Morgan fingerprint density at radius 3 is 2.35 bits per heavy atom. The number of benzene rings is 3. The van der Waals surface area contributed by atoms with Gasteiger partial charge in [-0.05, 0) is 66.9 Å². The zero-order valence-electron chi connectivity index (χ0n) is 19.4. The summed E-state index contributed by atoms with van der Waals surface area (Å²) in [5.74, 6) is 0.105. The molecule has 4 aromatic rings. The summed E-state index contributed by atoms with van der Waals surface area (Å²) in [5, 5.41) is 1.34. The fourth-order valence-electron chi connectivity index (χ4n) is 4.20. The smallest absolute Gasteiger partial charge is 0.310 e. The van der Waals surface area contributed by atoms with E-state index in [2.05, 4.69) is 0 Å². The van der Waals surface area contributed by atoms with E-state index in [1.807, 2.05) is 56.3 Å². The summed E-state index contributed by atoms with van der Waals surface area (Å²) in [6.07, 6.45) is 0.381. The SMILES string of the molecule is CC[C@@H](OC(=O)Cc1c(C)n(C(=O)c2ccc(Cl)cc2)c2ccc(OC)cc12)c1ccccc1. The maximum atomic E-state index is 13.4. The molecule has 0 saturated carbocycles. The zero-order valence-corrected chi connectivity index (χ0v) is 20.1. The van der Waals surface area contributed by atoms with Crippen molar-refractivity contribution in [3.05, 3.63) is 100 Å². The first-order valence-corrected chi connectivity index (χ1v) is 11.5. The van der Waals surface area contributed by atoms with E-state index in [9.17, 15) is 9.59 Å². The number of carbonyl (C=O) groups is 2. The molecule has 6 heteroatoms. The number of carbonyl (C=O) groups excluding carboxylic acids is 2. The predicted molar refractivity (Wildman–Crippen MR) is 134 cm³/mol. The molecule has 0 aliphatic heterocycles. The summed E-state index contributed by atoms with van der Waals surface area (Å²) < 4.78 is 12.9. The molecular formula is C28H26ClNO4. The number of ether oxygens (including phenoxy) is 2. The van der Waals surface area contributed by atoms with E-state index in [0.29, 0.717) is 34.0 Å². The molecule has 0 N–H and O–H groups in total. The molecule has 0 fully saturated rings. The topological polar surface area (TPSA) is 57.5 Å². The minimum atomic E-state index is -0.348. The van der Waals surface area contributed by atoms with Gasteiger partial charge in [0, 0.05) is 21.7 Å². The molecule has 0 bridgehead atoms. The van der Waals surface area contributed by atoms with Crippen LogP contribution in [0.3, 0.4) is 0 Å². The van der Waals surface area contributed by atoms with Gasteiger partial charge < -0.3 is 9.47 Å².